The summed E-state index contributed by atoms with van der Waals surface area (Å²) in [7, 11) is 0. The highest BCUT2D eigenvalue weighted by Gasteiger charge is 2.59. The number of aryl methyl sites for hydroxylation is 2. The second-order valence-electron chi connectivity index (χ2n) is 13.5. The normalized spacial score (nSPS) is 15.4. The monoisotopic (exact) mass is 750 g/mol. The number of terminal acetylenes is 1. The highest BCUT2D eigenvalue weighted by Crippen LogP contribution is 2.55. The zero-order valence-electron chi connectivity index (χ0n) is 35.2. The Morgan fingerprint density at radius 3 is 2.20 bits per heavy atom. The second-order valence-corrected chi connectivity index (χ2v) is 13.5. The van der Waals surface area contributed by atoms with Crippen LogP contribution in [0, 0.1) is 38.1 Å². The molecular weight excluding hydrogens is 684 g/mol. The average molecular weight is 750 g/mol. The van der Waals surface area contributed by atoms with E-state index in [0.29, 0.717) is 35.7 Å². The van der Waals surface area contributed by atoms with Gasteiger partial charge in [-0.05, 0) is 131 Å². The first-order chi connectivity index (χ1) is 25.8. The Morgan fingerprint density at radius 2 is 1.70 bits per heavy atom. The van der Waals surface area contributed by atoms with Crippen molar-refractivity contribution in [2.45, 2.75) is 152 Å². The first-order valence-corrected chi connectivity index (χ1v) is 19.8. The number of aromatic nitrogens is 2. The Hall–Kier alpha value is -4.19. The van der Waals surface area contributed by atoms with Gasteiger partial charge in [0.1, 0.15) is 12.3 Å². The molecule has 0 bridgehead atoms. The van der Waals surface area contributed by atoms with Crippen molar-refractivity contribution in [1.29, 1.82) is 0 Å². The summed E-state index contributed by atoms with van der Waals surface area (Å²) in [4.78, 5) is 27.3. The zero-order valence-corrected chi connectivity index (χ0v) is 35.2. The van der Waals surface area contributed by atoms with Crippen molar-refractivity contribution in [3.8, 4) is 23.7 Å². The number of nitrogens with two attached hydrogens (primary N) is 1. The summed E-state index contributed by atoms with van der Waals surface area (Å²) in [5, 5.41) is 3.03. The molecule has 0 spiro atoms. The zero-order chi connectivity index (χ0) is 41.4. The average Bonchev–Trinajstić information content (AvgIpc) is 4.14. The number of aliphatic imine (C=N–C) groups is 1. The van der Waals surface area contributed by atoms with Gasteiger partial charge in [-0.25, -0.2) is 13.2 Å². The standard InChI is InChI=1S/C37H45F3N4O.C2H3N.3C2H6/c1-8-21(3)29-17-32(44-34(23(29)5)30-16-28(18-38)41-19-31(30)39)36(7,37(40)12-13-37)20-42-35(45)27-14-22(4)33(25(9-2)15-27)43-24(6)26-10-11-26;1-2-3;3*1-2/h14-17,19,21,26H,8-13,18,20H2,1-7H3,(H,42,45);1H,3H2;3*1-2H3. The second kappa shape index (κ2) is 22.3. The molecule has 2 atom stereocenters. The lowest BCUT2D eigenvalue weighted by Crippen LogP contribution is -2.47. The molecule has 0 aliphatic heterocycles. The lowest BCUT2D eigenvalue weighted by Gasteiger charge is -2.35. The maximum atomic E-state index is 16.4. The minimum atomic E-state index is -1.59. The van der Waals surface area contributed by atoms with Crippen LogP contribution in [0.15, 0.2) is 35.5 Å². The summed E-state index contributed by atoms with van der Waals surface area (Å²) in [6.45, 7) is 25.1. The number of carbonyl (C=O) groups excluding carboxylic acids is 1. The van der Waals surface area contributed by atoms with Gasteiger partial charge in [-0.15, -0.1) is 0 Å². The smallest absolute Gasteiger partial charge is 0.251 e. The first kappa shape index (κ1) is 47.8. The van der Waals surface area contributed by atoms with Gasteiger partial charge < -0.3 is 11.1 Å². The van der Waals surface area contributed by atoms with E-state index in [1.54, 1.807) is 13.0 Å². The van der Waals surface area contributed by atoms with Crippen molar-refractivity contribution in [2.24, 2.45) is 16.6 Å². The van der Waals surface area contributed by atoms with Crippen LogP contribution in [0.4, 0.5) is 18.9 Å². The van der Waals surface area contributed by atoms with Crippen LogP contribution in [-0.4, -0.2) is 33.8 Å². The highest BCUT2D eigenvalue weighted by atomic mass is 19.1. The highest BCUT2D eigenvalue weighted by molar-refractivity contribution is 5.96. The van der Waals surface area contributed by atoms with Gasteiger partial charge in [0.15, 0.2) is 5.82 Å². The molecule has 1 aromatic carbocycles. The van der Waals surface area contributed by atoms with E-state index < -0.39 is 23.6 Å². The summed E-state index contributed by atoms with van der Waals surface area (Å²) >= 11 is 0. The van der Waals surface area contributed by atoms with E-state index >= 15 is 8.78 Å². The maximum Gasteiger partial charge on any atom is 0.251 e. The fourth-order valence-electron chi connectivity index (χ4n) is 6.32. The molecule has 9 heteroatoms. The molecule has 5 rings (SSSR count). The van der Waals surface area contributed by atoms with Crippen molar-refractivity contribution in [3.63, 3.8) is 0 Å². The van der Waals surface area contributed by atoms with Gasteiger partial charge >= 0.3 is 0 Å². The van der Waals surface area contributed by atoms with E-state index in [0.717, 1.165) is 52.7 Å². The third-order valence-corrected chi connectivity index (χ3v) is 10.1. The van der Waals surface area contributed by atoms with Gasteiger partial charge in [-0.1, -0.05) is 68.7 Å². The van der Waals surface area contributed by atoms with Crippen molar-refractivity contribution in [3.05, 3.63) is 75.5 Å². The molecule has 2 aliphatic rings. The molecule has 0 saturated heterocycles. The van der Waals surface area contributed by atoms with Crippen LogP contribution in [-0.2, 0) is 18.5 Å². The third kappa shape index (κ3) is 11.4. The van der Waals surface area contributed by atoms with Crippen LogP contribution >= 0.6 is 0 Å². The fraction of sp³-hybridized carbons (Fsp3) is 0.556. The summed E-state index contributed by atoms with van der Waals surface area (Å²) in [6, 6.07) is 8.79. The van der Waals surface area contributed by atoms with Crippen LogP contribution in [0.2, 0.25) is 0 Å². The minimum Gasteiger partial charge on any atom is -0.360 e. The van der Waals surface area contributed by atoms with E-state index in [1.807, 2.05) is 73.6 Å². The van der Waals surface area contributed by atoms with Crippen LogP contribution < -0.4 is 11.1 Å². The van der Waals surface area contributed by atoms with Crippen LogP contribution in [0.3, 0.4) is 0 Å². The molecule has 2 aliphatic carbocycles. The van der Waals surface area contributed by atoms with E-state index in [1.165, 1.54) is 18.9 Å². The molecule has 2 fully saturated rings. The number of alkyl halides is 2. The first-order valence-electron chi connectivity index (χ1n) is 19.8. The SMILES string of the molecule is C#CN.CC.CC.CC.CCc1cc(C(=O)NCC(C)(c2cc(C(C)CC)c(C)c(-c3cc(CF)ncc3F)n2)C2(F)CC2)cc(C)c1N=C(C)C1CC1. The van der Waals surface area contributed by atoms with Crippen LogP contribution in [0.5, 0.6) is 0 Å². The molecule has 3 N–H and O–H groups in total. The molecule has 54 heavy (non-hydrogen) atoms. The summed E-state index contributed by atoms with van der Waals surface area (Å²) in [5.74, 6) is -0.263. The Labute approximate surface area is 324 Å². The third-order valence-electron chi connectivity index (χ3n) is 10.1. The number of pyridine rings is 2. The van der Waals surface area contributed by atoms with E-state index in [9.17, 15) is 9.18 Å². The molecule has 1 amide bonds. The van der Waals surface area contributed by atoms with Gasteiger partial charge in [-0.3, -0.25) is 19.8 Å². The van der Waals surface area contributed by atoms with Gasteiger partial charge in [-0.2, -0.15) is 0 Å². The number of hydrogen-bond acceptors (Lipinski definition) is 5. The molecule has 2 unspecified atom stereocenters. The Bertz CT molecular complexity index is 1740. The molecule has 0 radical (unpaired) electrons. The van der Waals surface area contributed by atoms with Gasteiger partial charge in [0.05, 0.1) is 34.4 Å². The summed E-state index contributed by atoms with van der Waals surface area (Å²) < 4.78 is 45.1. The Kier molecular flexibility index (Phi) is 19.7. The van der Waals surface area contributed by atoms with Gasteiger partial charge in [0.2, 0.25) is 0 Å². The topological polar surface area (TPSA) is 93.3 Å². The molecule has 2 aromatic heterocycles. The van der Waals surface area contributed by atoms with Crippen LogP contribution in [0.25, 0.3) is 11.3 Å². The van der Waals surface area contributed by atoms with Crippen molar-refractivity contribution >= 4 is 17.3 Å². The molecule has 3 aromatic rings. The predicted octanol–water partition coefficient (Wildman–Crippen LogP) is 11.8. The minimum absolute atomic E-state index is 0.00748. The maximum absolute atomic E-state index is 16.4. The number of amides is 1. The molecule has 2 heterocycles. The number of nitrogens with zero attached hydrogens (tertiary/aromatic N) is 3. The Balaban J connectivity index is 0.00000150. The lowest BCUT2D eigenvalue weighted by molar-refractivity contribution is 0.0918. The number of hydrogen-bond donors (Lipinski definition) is 2. The lowest BCUT2D eigenvalue weighted by atomic mass is 9.77. The molecule has 6 nitrogen and oxygen atoms in total. The van der Waals surface area contributed by atoms with E-state index in [-0.39, 0.29) is 29.6 Å². The number of nitrogens with one attached hydrogen (secondary N) is 1. The van der Waals surface area contributed by atoms with Crippen molar-refractivity contribution in [1.82, 2.24) is 15.3 Å². The number of halogens is 3. The molecule has 298 valence electrons. The number of carbonyl (C=O) groups is 1. The Morgan fingerprint density at radius 1 is 1.11 bits per heavy atom. The van der Waals surface area contributed by atoms with E-state index in [2.05, 4.69) is 50.2 Å². The van der Waals surface area contributed by atoms with Crippen LogP contribution in [0.1, 0.15) is 158 Å². The largest absolute Gasteiger partial charge is 0.360 e. The number of rotatable bonds is 12. The quantitative estimate of drug-likeness (QED) is 0.110. The van der Waals surface area contributed by atoms with Crippen molar-refractivity contribution in [2.75, 3.05) is 6.54 Å². The number of benzene rings is 1. The molecule has 2 saturated carbocycles. The van der Waals surface area contributed by atoms with Gasteiger partial charge in [0.25, 0.3) is 5.91 Å². The fourth-order valence-corrected chi connectivity index (χ4v) is 6.32. The van der Waals surface area contributed by atoms with Crippen molar-refractivity contribution < 1.29 is 18.0 Å². The summed E-state index contributed by atoms with van der Waals surface area (Å²) in [6.07, 6.45) is 9.96. The van der Waals surface area contributed by atoms with E-state index in [4.69, 9.17) is 9.98 Å². The summed E-state index contributed by atoms with van der Waals surface area (Å²) in [5.41, 5.74) is 8.83. The molecular formula is C45H66F3N5O. The van der Waals surface area contributed by atoms with Gasteiger partial charge in [0, 0.05) is 23.4 Å². The predicted molar refractivity (Wildman–Crippen MR) is 222 cm³/mol.